The SMILES string of the molecule is C[N+](C)(C)C(=O)C=CBr. The number of quaternary nitrogens is 1. The molecule has 0 atom stereocenters. The van der Waals surface area contributed by atoms with Gasteiger partial charge in [-0.25, -0.2) is 4.79 Å². The fourth-order valence-electron chi connectivity index (χ4n) is 0.277. The Balaban J connectivity index is 4.06. The van der Waals surface area contributed by atoms with Crippen LogP contribution in [-0.4, -0.2) is 31.5 Å². The molecule has 0 aromatic rings. The third-order valence-corrected chi connectivity index (χ3v) is 1.13. The number of hydrogen-bond donors (Lipinski definition) is 0. The summed E-state index contributed by atoms with van der Waals surface area (Å²) in [6.07, 6.45) is 1.50. The van der Waals surface area contributed by atoms with E-state index < -0.39 is 0 Å². The lowest BCUT2D eigenvalue weighted by molar-refractivity contribution is -0.789. The molecule has 0 rings (SSSR count). The molecule has 0 saturated heterocycles. The summed E-state index contributed by atoms with van der Waals surface area (Å²) in [7, 11) is 5.49. The minimum atomic E-state index is 0.0758. The van der Waals surface area contributed by atoms with Gasteiger partial charge in [0.05, 0.1) is 21.1 Å². The van der Waals surface area contributed by atoms with E-state index >= 15 is 0 Å². The van der Waals surface area contributed by atoms with Crippen molar-refractivity contribution in [3.63, 3.8) is 0 Å². The Labute approximate surface area is 63.9 Å². The monoisotopic (exact) mass is 192 g/mol. The summed E-state index contributed by atoms with van der Waals surface area (Å²) < 4.78 is 0.335. The lowest BCUT2D eigenvalue weighted by atomic mass is 10.5. The molecule has 0 aromatic carbocycles. The van der Waals surface area contributed by atoms with E-state index in [1.807, 2.05) is 21.1 Å². The Morgan fingerprint density at radius 1 is 1.44 bits per heavy atom. The minimum absolute atomic E-state index is 0.0758. The van der Waals surface area contributed by atoms with Crippen LogP contribution in [0.25, 0.3) is 0 Å². The van der Waals surface area contributed by atoms with E-state index in [0.29, 0.717) is 4.48 Å². The van der Waals surface area contributed by atoms with Gasteiger partial charge in [0.1, 0.15) is 0 Å². The van der Waals surface area contributed by atoms with Gasteiger partial charge in [0.2, 0.25) is 0 Å². The highest BCUT2D eigenvalue weighted by Gasteiger charge is 2.15. The van der Waals surface area contributed by atoms with Crippen LogP contribution in [-0.2, 0) is 4.79 Å². The average Bonchev–Trinajstić information content (AvgIpc) is 1.64. The van der Waals surface area contributed by atoms with Gasteiger partial charge in [-0.3, -0.25) is 4.48 Å². The lowest BCUT2D eigenvalue weighted by Gasteiger charge is -2.17. The molecule has 1 amide bonds. The van der Waals surface area contributed by atoms with Gasteiger partial charge in [-0.15, -0.1) is 0 Å². The second-order valence-electron chi connectivity index (χ2n) is 2.64. The van der Waals surface area contributed by atoms with Crippen LogP contribution >= 0.6 is 15.9 Å². The van der Waals surface area contributed by atoms with Gasteiger partial charge in [0.25, 0.3) is 0 Å². The van der Waals surface area contributed by atoms with Crippen molar-refractivity contribution in [2.75, 3.05) is 21.1 Å². The fourth-order valence-corrected chi connectivity index (χ4v) is 0.504. The van der Waals surface area contributed by atoms with Gasteiger partial charge in [0, 0.05) is 6.08 Å². The standard InChI is InChI=1S/C6H11BrNO/c1-8(2,3)6(9)4-5-7/h4-5H,1-3H3/q+1. The molecule has 0 fully saturated rings. The van der Waals surface area contributed by atoms with Gasteiger partial charge in [-0.2, -0.15) is 0 Å². The smallest absolute Gasteiger partial charge is 0.264 e. The molecule has 0 unspecified atom stereocenters. The van der Waals surface area contributed by atoms with Gasteiger partial charge in [-0.1, -0.05) is 15.9 Å². The highest BCUT2D eigenvalue weighted by molar-refractivity contribution is 9.11. The van der Waals surface area contributed by atoms with Gasteiger partial charge in [-0.05, 0) is 4.99 Å². The zero-order valence-electron chi connectivity index (χ0n) is 5.89. The van der Waals surface area contributed by atoms with E-state index in [2.05, 4.69) is 15.9 Å². The maximum atomic E-state index is 10.9. The average molecular weight is 193 g/mol. The van der Waals surface area contributed by atoms with Crippen molar-refractivity contribution in [2.24, 2.45) is 0 Å². The molecular weight excluding hydrogens is 182 g/mol. The number of halogens is 1. The molecule has 0 aliphatic heterocycles. The summed E-state index contributed by atoms with van der Waals surface area (Å²) in [5.74, 6) is 0.0758. The Morgan fingerprint density at radius 2 is 1.89 bits per heavy atom. The first kappa shape index (κ1) is 8.85. The molecule has 3 heteroatoms. The van der Waals surface area contributed by atoms with E-state index in [0.717, 1.165) is 0 Å². The quantitative estimate of drug-likeness (QED) is 0.450. The Kier molecular flexibility index (Phi) is 3.08. The summed E-state index contributed by atoms with van der Waals surface area (Å²) in [4.78, 5) is 12.5. The molecule has 0 saturated carbocycles. The fraction of sp³-hybridized carbons (Fsp3) is 0.500. The van der Waals surface area contributed by atoms with Gasteiger partial charge in [0.15, 0.2) is 0 Å². The van der Waals surface area contributed by atoms with Gasteiger partial charge >= 0.3 is 5.91 Å². The molecule has 2 nitrogen and oxygen atoms in total. The lowest BCUT2D eigenvalue weighted by Crippen LogP contribution is -2.39. The first-order valence-corrected chi connectivity index (χ1v) is 3.53. The van der Waals surface area contributed by atoms with Crippen LogP contribution < -0.4 is 0 Å². The van der Waals surface area contributed by atoms with Crippen molar-refractivity contribution < 1.29 is 9.28 Å². The van der Waals surface area contributed by atoms with Crippen LogP contribution in [0.15, 0.2) is 11.1 Å². The van der Waals surface area contributed by atoms with Crippen LogP contribution in [0.1, 0.15) is 0 Å². The minimum Gasteiger partial charge on any atom is -0.264 e. The second kappa shape index (κ2) is 3.13. The zero-order chi connectivity index (χ0) is 7.49. The summed E-state index contributed by atoms with van der Waals surface area (Å²) in [5.41, 5.74) is 0. The van der Waals surface area contributed by atoms with Crippen molar-refractivity contribution >= 4 is 21.8 Å². The van der Waals surface area contributed by atoms with E-state index in [9.17, 15) is 4.79 Å². The van der Waals surface area contributed by atoms with Crippen molar-refractivity contribution in [1.29, 1.82) is 0 Å². The number of nitrogens with zero attached hydrogens (tertiary/aromatic N) is 1. The van der Waals surface area contributed by atoms with E-state index in [1.54, 1.807) is 4.99 Å². The predicted molar refractivity (Wildman–Crippen MR) is 41.1 cm³/mol. The van der Waals surface area contributed by atoms with Crippen LogP contribution in [0.4, 0.5) is 0 Å². The van der Waals surface area contributed by atoms with E-state index in [-0.39, 0.29) is 5.91 Å². The Bertz CT molecular complexity index is 134. The normalized spacial score (nSPS) is 12.4. The highest BCUT2D eigenvalue weighted by Crippen LogP contribution is 1.94. The molecule has 0 aliphatic carbocycles. The first-order valence-electron chi connectivity index (χ1n) is 2.61. The number of carbonyl (C=O) groups excluding carboxylic acids is 1. The third-order valence-electron chi connectivity index (χ3n) is 0.867. The van der Waals surface area contributed by atoms with Crippen LogP contribution in [0.2, 0.25) is 0 Å². The van der Waals surface area contributed by atoms with Crippen molar-refractivity contribution in [3.05, 3.63) is 11.1 Å². The van der Waals surface area contributed by atoms with E-state index in [1.165, 1.54) is 6.08 Å². The highest BCUT2D eigenvalue weighted by atomic mass is 79.9. The molecule has 0 heterocycles. The number of carbonyl (C=O) groups is 1. The molecule has 52 valence electrons. The molecule has 0 radical (unpaired) electrons. The topological polar surface area (TPSA) is 17.1 Å². The molecule has 0 N–H and O–H groups in total. The maximum Gasteiger partial charge on any atom is 0.338 e. The van der Waals surface area contributed by atoms with Crippen LogP contribution in [0, 0.1) is 0 Å². The number of likely N-dealkylation sites (N-methyl/N-ethyl adjacent to an activating group) is 1. The zero-order valence-corrected chi connectivity index (χ0v) is 7.47. The molecule has 9 heavy (non-hydrogen) atoms. The predicted octanol–water partition coefficient (Wildman–Crippen LogP) is 1.13. The number of amides is 1. The molecule has 0 bridgehead atoms. The summed E-state index contributed by atoms with van der Waals surface area (Å²) >= 11 is 3.03. The summed E-state index contributed by atoms with van der Waals surface area (Å²) in [6, 6.07) is 0. The molecule has 0 spiro atoms. The number of hydrogen-bond acceptors (Lipinski definition) is 1. The van der Waals surface area contributed by atoms with Crippen molar-refractivity contribution in [2.45, 2.75) is 0 Å². The van der Waals surface area contributed by atoms with Crippen LogP contribution in [0.3, 0.4) is 0 Å². The third kappa shape index (κ3) is 3.43. The summed E-state index contributed by atoms with van der Waals surface area (Å²) in [5, 5.41) is 0. The van der Waals surface area contributed by atoms with Gasteiger partial charge < -0.3 is 0 Å². The molecule has 0 aromatic heterocycles. The maximum absolute atomic E-state index is 10.9. The first-order chi connectivity index (χ1) is 3.98. The van der Waals surface area contributed by atoms with Crippen molar-refractivity contribution in [3.8, 4) is 0 Å². The largest absolute Gasteiger partial charge is 0.338 e. The summed E-state index contributed by atoms with van der Waals surface area (Å²) in [6.45, 7) is 0. The Morgan fingerprint density at radius 3 is 2.00 bits per heavy atom. The Hall–Kier alpha value is -0.150. The molecule has 0 aliphatic rings. The number of rotatable bonds is 1. The van der Waals surface area contributed by atoms with Crippen molar-refractivity contribution in [1.82, 2.24) is 0 Å². The van der Waals surface area contributed by atoms with E-state index in [4.69, 9.17) is 0 Å². The second-order valence-corrected chi connectivity index (χ2v) is 3.17. The molecular formula is C6H11BrNO+. The van der Waals surface area contributed by atoms with Crippen LogP contribution in [0.5, 0.6) is 0 Å².